The molecule has 1 atom stereocenters. The van der Waals surface area contributed by atoms with Crippen LogP contribution >= 0.6 is 0 Å². The molecule has 102 valence electrons. The Morgan fingerprint density at radius 1 is 1.37 bits per heavy atom. The van der Waals surface area contributed by atoms with Crippen LogP contribution in [0.2, 0.25) is 0 Å². The molecule has 2 aromatic heterocycles. The van der Waals surface area contributed by atoms with Crippen LogP contribution in [0, 0.1) is 0 Å². The van der Waals surface area contributed by atoms with Gasteiger partial charge in [-0.15, -0.1) is 0 Å². The van der Waals surface area contributed by atoms with E-state index in [1.54, 1.807) is 22.7 Å². The number of nitrogens with zero attached hydrogens (tertiary/aromatic N) is 2. The number of imidazole rings is 1. The summed E-state index contributed by atoms with van der Waals surface area (Å²) >= 11 is 0. The second kappa shape index (κ2) is 4.52. The molecule has 1 N–H and O–H groups in total. The predicted molar refractivity (Wildman–Crippen MR) is 72.0 cm³/mol. The monoisotopic (exact) mass is 280 g/mol. The molecule has 0 aromatic carbocycles. The molecular weight excluding hydrogens is 264 g/mol. The number of rotatable bonds is 2. The second-order valence-electron chi connectivity index (χ2n) is 5.01. The van der Waals surface area contributed by atoms with Crippen molar-refractivity contribution in [1.29, 1.82) is 0 Å². The Bertz CT molecular complexity index is 706. The SMILES string of the molecule is O=S1(=O)CCCCC1Cc1ncc2cccc(O)n12. The summed E-state index contributed by atoms with van der Waals surface area (Å²) < 4.78 is 25.7. The Labute approximate surface area is 111 Å². The van der Waals surface area contributed by atoms with Crippen LogP contribution in [0.15, 0.2) is 24.4 Å². The van der Waals surface area contributed by atoms with Crippen molar-refractivity contribution in [1.82, 2.24) is 9.38 Å². The van der Waals surface area contributed by atoms with E-state index < -0.39 is 9.84 Å². The Morgan fingerprint density at radius 3 is 3.00 bits per heavy atom. The highest BCUT2D eigenvalue weighted by Crippen LogP contribution is 2.24. The average molecular weight is 280 g/mol. The molecule has 0 spiro atoms. The number of pyridine rings is 1. The number of hydrogen-bond donors (Lipinski definition) is 1. The van der Waals surface area contributed by atoms with Gasteiger partial charge in [-0.25, -0.2) is 13.4 Å². The van der Waals surface area contributed by atoms with Gasteiger partial charge in [0.1, 0.15) is 5.82 Å². The molecule has 0 saturated carbocycles. The van der Waals surface area contributed by atoms with Gasteiger partial charge in [0.05, 0.1) is 22.7 Å². The fraction of sp³-hybridized carbons (Fsp3) is 0.462. The van der Waals surface area contributed by atoms with Gasteiger partial charge < -0.3 is 5.11 Å². The average Bonchev–Trinajstić information content (AvgIpc) is 2.77. The molecule has 0 radical (unpaired) electrons. The van der Waals surface area contributed by atoms with Gasteiger partial charge in [-0.1, -0.05) is 12.5 Å². The van der Waals surface area contributed by atoms with Crippen LogP contribution in [-0.4, -0.2) is 33.9 Å². The molecule has 19 heavy (non-hydrogen) atoms. The third-order valence-corrected chi connectivity index (χ3v) is 6.00. The van der Waals surface area contributed by atoms with Crippen molar-refractivity contribution >= 4 is 15.4 Å². The van der Waals surface area contributed by atoms with Gasteiger partial charge in [-0.3, -0.25) is 4.40 Å². The first kappa shape index (κ1) is 12.5. The first-order valence-corrected chi connectivity index (χ1v) is 8.15. The first-order chi connectivity index (χ1) is 9.08. The normalized spacial score (nSPS) is 22.6. The molecule has 3 rings (SSSR count). The molecule has 0 aliphatic carbocycles. The summed E-state index contributed by atoms with van der Waals surface area (Å²) in [5.41, 5.74) is 0.781. The molecule has 1 aliphatic heterocycles. The Balaban J connectivity index is 1.97. The molecule has 5 nitrogen and oxygen atoms in total. The summed E-state index contributed by atoms with van der Waals surface area (Å²) in [4.78, 5) is 4.25. The van der Waals surface area contributed by atoms with Crippen LogP contribution in [0.4, 0.5) is 0 Å². The Morgan fingerprint density at radius 2 is 2.21 bits per heavy atom. The van der Waals surface area contributed by atoms with Crippen molar-refractivity contribution in [3.63, 3.8) is 0 Å². The zero-order chi connectivity index (χ0) is 13.5. The standard InChI is InChI=1S/C13H16N2O3S/c16-13-6-3-4-10-9-14-12(15(10)13)8-11-5-1-2-7-19(11,17)18/h3-4,6,9,11,16H,1-2,5,7-8H2. The lowest BCUT2D eigenvalue weighted by Crippen LogP contribution is -2.30. The van der Waals surface area contributed by atoms with E-state index in [0.29, 0.717) is 18.7 Å². The highest BCUT2D eigenvalue weighted by molar-refractivity contribution is 7.92. The van der Waals surface area contributed by atoms with Gasteiger partial charge in [0.25, 0.3) is 0 Å². The van der Waals surface area contributed by atoms with E-state index in [1.807, 2.05) is 6.07 Å². The van der Waals surface area contributed by atoms with Gasteiger partial charge in [0, 0.05) is 6.42 Å². The van der Waals surface area contributed by atoms with Crippen molar-refractivity contribution in [3.8, 4) is 5.88 Å². The zero-order valence-electron chi connectivity index (χ0n) is 10.5. The highest BCUT2D eigenvalue weighted by Gasteiger charge is 2.30. The third kappa shape index (κ3) is 2.20. The van der Waals surface area contributed by atoms with Crippen molar-refractivity contribution in [2.45, 2.75) is 30.9 Å². The van der Waals surface area contributed by atoms with Gasteiger partial charge in [0.2, 0.25) is 0 Å². The largest absolute Gasteiger partial charge is 0.494 e. The topological polar surface area (TPSA) is 71.7 Å². The number of fused-ring (bicyclic) bond motifs is 1. The quantitative estimate of drug-likeness (QED) is 0.906. The van der Waals surface area contributed by atoms with E-state index in [-0.39, 0.29) is 16.9 Å². The van der Waals surface area contributed by atoms with Crippen LogP contribution < -0.4 is 0 Å². The smallest absolute Gasteiger partial charge is 0.197 e. The first-order valence-electron chi connectivity index (χ1n) is 6.44. The minimum atomic E-state index is -3.02. The molecule has 0 bridgehead atoms. The molecule has 0 amide bonds. The van der Waals surface area contributed by atoms with Gasteiger partial charge >= 0.3 is 0 Å². The van der Waals surface area contributed by atoms with Gasteiger partial charge in [-0.2, -0.15) is 0 Å². The third-order valence-electron chi connectivity index (χ3n) is 3.73. The minimum absolute atomic E-state index is 0.0956. The molecule has 1 aliphatic rings. The van der Waals surface area contributed by atoms with Crippen molar-refractivity contribution in [3.05, 3.63) is 30.2 Å². The summed E-state index contributed by atoms with van der Waals surface area (Å²) in [7, 11) is -3.02. The minimum Gasteiger partial charge on any atom is -0.494 e. The van der Waals surface area contributed by atoms with Crippen LogP contribution in [0.1, 0.15) is 25.1 Å². The summed E-state index contributed by atoms with van der Waals surface area (Å²) in [6.45, 7) is 0. The maximum atomic E-state index is 12.0. The summed E-state index contributed by atoms with van der Waals surface area (Å²) in [5.74, 6) is 0.981. The van der Waals surface area contributed by atoms with E-state index in [1.165, 1.54) is 0 Å². The lowest BCUT2D eigenvalue weighted by molar-refractivity contribution is 0.441. The van der Waals surface area contributed by atoms with Gasteiger partial charge in [0.15, 0.2) is 15.7 Å². The van der Waals surface area contributed by atoms with E-state index in [9.17, 15) is 13.5 Å². The lowest BCUT2D eigenvalue weighted by Gasteiger charge is -2.21. The fourth-order valence-corrected chi connectivity index (χ4v) is 4.56. The maximum Gasteiger partial charge on any atom is 0.197 e. The van der Waals surface area contributed by atoms with E-state index in [2.05, 4.69) is 4.98 Å². The molecule has 1 fully saturated rings. The molecule has 1 saturated heterocycles. The highest BCUT2D eigenvalue weighted by atomic mass is 32.2. The Kier molecular flexibility index (Phi) is 2.97. The van der Waals surface area contributed by atoms with Crippen molar-refractivity contribution in [2.75, 3.05) is 5.75 Å². The number of sulfone groups is 1. The summed E-state index contributed by atoms with van der Waals surface area (Å²) in [6.07, 6.45) is 4.41. The summed E-state index contributed by atoms with van der Waals surface area (Å²) in [5, 5.41) is 9.51. The van der Waals surface area contributed by atoms with E-state index in [0.717, 1.165) is 18.4 Å². The molecule has 6 heteroatoms. The van der Waals surface area contributed by atoms with Gasteiger partial charge in [-0.05, 0) is 25.0 Å². The van der Waals surface area contributed by atoms with Crippen molar-refractivity contribution < 1.29 is 13.5 Å². The van der Waals surface area contributed by atoms with E-state index in [4.69, 9.17) is 0 Å². The number of aromatic nitrogens is 2. The van der Waals surface area contributed by atoms with Crippen LogP contribution in [0.5, 0.6) is 5.88 Å². The zero-order valence-corrected chi connectivity index (χ0v) is 11.3. The number of hydrogen-bond acceptors (Lipinski definition) is 4. The molecule has 2 aromatic rings. The second-order valence-corrected chi connectivity index (χ2v) is 7.41. The Hall–Kier alpha value is -1.56. The summed E-state index contributed by atoms with van der Waals surface area (Å²) in [6, 6.07) is 5.16. The predicted octanol–water partition coefficient (Wildman–Crippen LogP) is 1.55. The van der Waals surface area contributed by atoms with Crippen LogP contribution in [0.25, 0.3) is 5.52 Å². The molecular formula is C13H16N2O3S. The maximum absolute atomic E-state index is 12.0. The fourth-order valence-electron chi connectivity index (χ4n) is 2.69. The van der Waals surface area contributed by atoms with E-state index >= 15 is 0 Å². The lowest BCUT2D eigenvalue weighted by atomic mass is 10.1. The molecule has 1 unspecified atom stereocenters. The molecule has 3 heterocycles. The van der Waals surface area contributed by atoms with Crippen LogP contribution in [-0.2, 0) is 16.3 Å². The van der Waals surface area contributed by atoms with Crippen LogP contribution in [0.3, 0.4) is 0 Å². The van der Waals surface area contributed by atoms with Crippen molar-refractivity contribution in [2.24, 2.45) is 0 Å². The number of aromatic hydroxyl groups is 1.